The summed E-state index contributed by atoms with van der Waals surface area (Å²) in [5.74, 6) is 0.228. The summed E-state index contributed by atoms with van der Waals surface area (Å²) in [5, 5.41) is 10.9. The first-order valence-corrected chi connectivity index (χ1v) is 6.55. The minimum atomic E-state index is -0.528. The third kappa shape index (κ3) is 5.07. The van der Waals surface area contributed by atoms with Gasteiger partial charge in [-0.2, -0.15) is 0 Å². The molecule has 0 aliphatic heterocycles. The number of rotatable bonds is 9. The predicted octanol–water partition coefficient (Wildman–Crippen LogP) is 3.76. The van der Waals surface area contributed by atoms with Crippen molar-refractivity contribution < 1.29 is 14.5 Å². The number of hydrogen-bond donors (Lipinski definition) is 0. The predicted molar refractivity (Wildman–Crippen MR) is 72.7 cm³/mol. The van der Waals surface area contributed by atoms with Crippen molar-refractivity contribution in [1.82, 2.24) is 0 Å². The van der Waals surface area contributed by atoms with E-state index in [0.29, 0.717) is 12.9 Å². The van der Waals surface area contributed by atoms with Crippen molar-refractivity contribution in [3.05, 3.63) is 33.9 Å². The molecule has 19 heavy (non-hydrogen) atoms. The molecular formula is C14H19NO4. The standard InChI is InChI=1S/C14H19NO4/c1-2-3-4-5-6-9-19-14-8-7-12(11-16)10-13(14)15(17)18/h7-8,10-11H,2-6,9H2,1H3. The zero-order valence-corrected chi connectivity index (χ0v) is 11.1. The molecule has 1 aromatic rings. The molecule has 0 radical (unpaired) electrons. The van der Waals surface area contributed by atoms with E-state index in [4.69, 9.17) is 4.74 Å². The minimum absolute atomic E-state index is 0.154. The average Bonchev–Trinajstić information content (AvgIpc) is 2.42. The topological polar surface area (TPSA) is 69.4 Å². The summed E-state index contributed by atoms with van der Waals surface area (Å²) in [6.45, 7) is 2.61. The highest BCUT2D eigenvalue weighted by Gasteiger charge is 2.15. The summed E-state index contributed by atoms with van der Waals surface area (Å²) in [4.78, 5) is 20.9. The van der Waals surface area contributed by atoms with Gasteiger partial charge < -0.3 is 4.74 Å². The number of hydrogen-bond acceptors (Lipinski definition) is 4. The minimum Gasteiger partial charge on any atom is -0.487 e. The van der Waals surface area contributed by atoms with E-state index < -0.39 is 4.92 Å². The van der Waals surface area contributed by atoms with E-state index in [1.54, 1.807) is 0 Å². The molecule has 0 unspecified atom stereocenters. The first-order chi connectivity index (χ1) is 9.19. The van der Waals surface area contributed by atoms with E-state index in [1.165, 1.54) is 31.0 Å². The van der Waals surface area contributed by atoms with Gasteiger partial charge in [-0.3, -0.25) is 14.9 Å². The Morgan fingerprint density at radius 1 is 1.26 bits per heavy atom. The fourth-order valence-corrected chi connectivity index (χ4v) is 1.76. The first kappa shape index (κ1) is 15.1. The van der Waals surface area contributed by atoms with Gasteiger partial charge in [0.05, 0.1) is 11.5 Å². The molecule has 0 spiro atoms. The monoisotopic (exact) mass is 265 g/mol. The molecule has 1 aromatic carbocycles. The molecule has 0 fully saturated rings. The van der Waals surface area contributed by atoms with Crippen LogP contribution in [-0.4, -0.2) is 17.8 Å². The van der Waals surface area contributed by atoms with Gasteiger partial charge in [0.25, 0.3) is 0 Å². The van der Waals surface area contributed by atoms with Crippen molar-refractivity contribution in [2.45, 2.75) is 39.0 Å². The number of nitro benzene ring substituents is 1. The zero-order chi connectivity index (χ0) is 14.1. The second-order valence-electron chi connectivity index (χ2n) is 4.36. The van der Waals surface area contributed by atoms with Crippen LogP contribution < -0.4 is 4.74 Å². The maximum Gasteiger partial charge on any atom is 0.311 e. The van der Waals surface area contributed by atoms with E-state index in [-0.39, 0.29) is 17.0 Å². The van der Waals surface area contributed by atoms with Gasteiger partial charge in [-0.05, 0) is 18.6 Å². The molecule has 0 saturated heterocycles. The Morgan fingerprint density at radius 3 is 2.63 bits per heavy atom. The van der Waals surface area contributed by atoms with Gasteiger partial charge >= 0.3 is 5.69 Å². The van der Waals surface area contributed by atoms with Crippen LogP contribution in [0.2, 0.25) is 0 Å². The zero-order valence-electron chi connectivity index (χ0n) is 11.1. The quantitative estimate of drug-likeness (QED) is 0.295. The largest absolute Gasteiger partial charge is 0.487 e. The van der Waals surface area contributed by atoms with Gasteiger partial charge in [0.1, 0.15) is 6.29 Å². The molecule has 0 aliphatic rings. The van der Waals surface area contributed by atoms with Crippen LogP contribution in [0.25, 0.3) is 0 Å². The lowest BCUT2D eigenvalue weighted by Crippen LogP contribution is -2.01. The summed E-state index contributed by atoms with van der Waals surface area (Å²) in [5.41, 5.74) is 0.125. The third-order valence-electron chi connectivity index (χ3n) is 2.82. The van der Waals surface area contributed by atoms with Crippen molar-refractivity contribution in [1.29, 1.82) is 0 Å². The highest BCUT2D eigenvalue weighted by molar-refractivity contribution is 5.77. The summed E-state index contributed by atoms with van der Waals surface area (Å²) < 4.78 is 5.42. The Bertz CT molecular complexity index is 431. The Hall–Kier alpha value is -1.91. The molecule has 5 heteroatoms. The number of carbonyl (C=O) groups is 1. The van der Waals surface area contributed by atoms with Gasteiger partial charge in [0.2, 0.25) is 0 Å². The van der Waals surface area contributed by atoms with Crippen LogP contribution >= 0.6 is 0 Å². The second kappa shape index (κ2) is 8.24. The summed E-state index contributed by atoms with van der Waals surface area (Å²) in [7, 11) is 0. The maximum absolute atomic E-state index is 10.9. The second-order valence-corrected chi connectivity index (χ2v) is 4.36. The van der Waals surface area contributed by atoms with Crippen molar-refractivity contribution in [3.63, 3.8) is 0 Å². The summed E-state index contributed by atoms with van der Waals surface area (Å²) in [6, 6.07) is 4.24. The van der Waals surface area contributed by atoms with Gasteiger partial charge in [-0.25, -0.2) is 0 Å². The lowest BCUT2D eigenvalue weighted by atomic mass is 10.2. The van der Waals surface area contributed by atoms with Crippen molar-refractivity contribution in [3.8, 4) is 5.75 Å². The highest BCUT2D eigenvalue weighted by Crippen LogP contribution is 2.27. The average molecular weight is 265 g/mol. The maximum atomic E-state index is 10.9. The van der Waals surface area contributed by atoms with E-state index in [0.717, 1.165) is 19.3 Å². The van der Waals surface area contributed by atoms with Crippen molar-refractivity contribution in [2.24, 2.45) is 0 Å². The van der Waals surface area contributed by atoms with Crippen LogP contribution in [0.1, 0.15) is 49.4 Å². The SMILES string of the molecule is CCCCCCCOc1ccc(C=O)cc1[N+](=O)[O-]. The molecule has 5 nitrogen and oxygen atoms in total. The number of carbonyl (C=O) groups excluding carboxylic acids is 1. The Kier molecular flexibility index (Phi) is 6.57. The number of ether oxygens (including phenoxy) is 1. The fraction of sp³-hybridized carbons (Fsp3) is 0.500. The van der Waals surface area contributed by atoms with Crippen LogP contribution in [0.3, 0.4) is 0 Å². The Balaban J connectivity index is 2.53. The molecule has 1 rings (SSSR count). The van der Waals surface area contributed by atoms with E-state index >= 15 is 0 Å². The number of nitrogens with zero attached hydrogens (tertiary/aromatic N) is 1. The molecule has 0 aromatic heterocycles. The lowest BCUT2D eigenvalue weighted by Gasteiger charge is -2.07. The molecule has 0 N–H and O–H groups in total. The number of nitro groups is 1. The van der Waals surface area contributed by atoms with Crippen molar-refractivity contribution >= 4 is 12.0 Å². The van der Waals surface area contributed by atoms with Crippen LogP contribution in [-0.2, 0) is 0 Å². The normalized spacial score (nSPS) is 10.2. The molecule has 0 amide bonds. The highest BCUT2D eigenvalue weighted by atomic mass is 16.6. The smallest absolute Gasteiger partial charge is 0.311 e. The van der Waals surface area contributed by atoms with Crippen LogP contribution in [0, 0.1) is 10.1 Å². The number of aldehydes is 1. The van der Waals surface area contributed by atoms with Crippen LogP contribution in [0.15, 0.2) is 18.2 Å². The van der Waals surface area contributed by atoms with Crippen LogP contribution in [0.5, 0.6) is 5.75 Å². The van der Waals surface area contributed by atoms with Crippen molar-refractivity contribution in [2.75, 3.05) is 6.61 Å². The first-order valence-electron chi connectivity index (χ1n) is 6.55. The third-order valence-corrected chi connectivity index (χ3v) is 2.82. The van der Waals surface area contributed by atoms with Gasteiger partial charge in [-0.1, -0.05) is 32.6 Å². The number of unbranched alkanes of at least 4 members (excludes halogenated alkanes) is 4. The van der Waals surface area contributed by atoms with E-state index in [2.05, 4.69) is 6.92 Å². The Morgan fingerprint density at radius 2 is 2.00 bits per heavy atom. The van der Waals surface area contributed by atoms with E-state index in [9.17, 15) is 14.9 Å². The molecule has 0 heterocycles. The van der Waals surface area contributed by atoms with Gasteiger partial charge in [0, 0.05) is 11.6 Å². The fourth-order valence-electron chi connectivity index (χ4n) is 1.76. The number of benzene rings is 1. The molecule has 0 aliphatic carbocycles. The molecule has 0 atom stereocenters. The lowest BCUT2D eigenvalue weighted by molar-refractivity contribution is -0.385. The summed E-state index contributed by atoms with van der Waals surface area (Å²) in [6.07, 6.45) is 6.07. The molecular weight excluding hydrogens is 246 g/mol. The summed E-state index contributed by atoms with van der Waals surface area (Å²) >= 11 is 0. The molecule has 0 saturated carbocycles. The van der Waals surface area contributed by atoms with Gasteiger partial charge in [-0.15, -0.1) is 0 Å². The molecule has 0 bridgehead atoms. The van der Waals surface area contributed by atoms with Gasteiger partial charge in [0.15, 0.2) is 5.75 Å². The van der Waals surface area contributed by atoms with E-state index in [1.807, 2.05) is 0 Å². The molecule has 104 valence electrons. The Labute approximate surface area is 112 Å². The van der Waals surface area contributed by atoms with Crippen LogP contribution in [0.4, 0.5) is 5.69 Å².